The summed E-state index contributed by atoms with van der Waals surface area (Å²) in [5.74, 6) is -0.207. The Balaban J connectivity index is 1.77. The third kappa shape index (κ3) is 4.30. The lowest BCUT2D eigenvalue weighted by atomic mass is 10.2. The van der Waals surface area contributed by atoms with Gasteiger partial charge in [0.25, 0.3) is 5.91 Å². The quantitative estimate of drug-likeness (QED) is 0.852. The number of nitrogens with one attached hydrogen (secondary N) is 1. The minimum absolute atomic E-state index is 0.0333. The second-order valence-electron chi connectivity index (χ2n) is 5.43. The second-order valence-corrected chi connectivity index (χ2v) is 7.66. The van der Waals surface area contributed by atoms with Crippen LogP contribution in [-0.4, -0.2) is 56.3 Å². The van der Waals surface area contributed by atoms with Gasteiger partial charge in [-0.05, 0) is 18.6 Å². The monoisotopic (exact) mass is 324 g/mol. The normalized spacial score (nSPS) is 19.6. The summed E-state index contributed by atoms with van der Waals surface area (Å²) in [6.45, 7) is 0.233. The molecule has 1 N–H and O–H groups in total. The van der Waals surface area contributed by atoms with Gasteiger partial charge in [-0.3, -0.25) is 9.59 Å². The third-order valence-electron chi connectivity index (χ3n) is 3.81. The molecule has 1 heterocycles. The lowest BCUT2D eigenvalue weighted by Crippen LogP contribution is -2.39. The fourth-order valence-electron chi connectivity index (χ4n) is 2.44. The molecule has 1 aliphatic heterocycles. The maximum atomic E-state index is 12.0. The first-order valence-corrected chi connectivity index (χ1v) is 9.00. The molecule has 0 spiro atoms. The number of sulfone groups is 1. The molecular weight excluding hydrogens is 304 g/mol. The molecule has 1 fully saturated rings. The van der Waals surface area contributed by atoms with E-state index in [0.29, 0.717) is 12.0 Å². The molecule has 0 radical (unpaired) electrons. The Labute approximate surface area is 130 Å². The minimum Gasteiger partial charge on any atom is -0.352 e. The van der Waals surface area contributed by atoms with Crippen LogP contribution in [0, 0.1) is 0 Å². The fraction of sp³-hybridized carbons (Fsp3) is 0.467. The van der Waals surface area contributed by atoms with Crippen LogP contribution >= 0.6 is 0 Å². The van der Waals surface area contributed by atoms with Gasteiger partial charge in [0.15, 0.2) is 9.84 Å². The van der Waals surface area contributed by atoms with E-state index in [1.54, 1.807) is 31.3 Å². The number of nitrogens with zero attached hydrogens (tertiary/aromatic N) is 1. The van der Waals surface area contributed by atoms with Crippen LogP contribution in [0.1, 0.15) is 23.2 Å². The Bertz CT molecular complexity index is 643. The molecule has 1 saturated heterocycles. The predicted molar refractivity (Wildman–Crippen MR) is 83.2 cm³/mol. The van der Waals surface area contributed by atoms with E-state index in [-0.39, 0.29) is 42.3 Å². The van der Waals surface area contributed by atoms with Crippen LogP contribution in [0.5, 0.6) is 0 Å². The van der Waals surface area contributed by atoms with E-state index in [1.807, 2.05) is 6.07 Å². The van der Waals surface area contributed by atoms with Crippen molar-refractivity contribution in [2.75, 3.05) is 25.1 Å². The number of amides is 2. The van der Waals surface area contributed by atoms with E-state index < -0.39 is 9.84 Å². The molecule has 6 nitrogen and oxygen atoms in total. The minimum atomic E-state index is -3.01. The van der Waals surface area contributed by atoms with Gasteiger partial charge < -0.3 is 10.2 Å². The van der Waals surface area contributed by atoms with Crippen molar-refractivity contribution in [2.45, 2.75) is 18.9 Å². The summed E-state index contributed by atoms with van der Waals surface area (Å²) in [5, 5.41) is 2.69. The first kappa shape index (κ1) is 16.5. The summed E-state index contributed by atoms with van der Waals surface area (Å²) in [6.07, 6.45) is 0.645. The molecule has 7 heteroatoms. The standard InChI is InChI=1S/C15H20N2O4S/c1-17(13-8-10-22(20,21)11-13)14(18)7-9-16-15(19)12-5-3-2-4-6-12/h2-6,13H,7-11H2,1H3,(H,16,19). The van der Waals surface area contributed by atoms with Crippen molar-refractivity contribution in [3.05, 3.63) is 35.9 Å². The largest absolute Gasteiger partial charge is 0.352 e. The SMILES string of the molecule is CN(C(=O)CCNC(=O)c1ccccc1)C1CCS(=O)(=O)C1. The molecule has 1 atom stereocenters. The fourth-order valence-corrected chi connectivity index (χ4v) is 4.21. The number of rotatable bonds is 5. The summed E-state index contributed by atoms with van der Waals surface area (Å²) in [4.78, 5) is 25.3. The van der Waals surface area contributed by atoms with Crippen molar-refractivity contribution in [2.24, 2.45) is 0 Å². The zero-order valence-corrected chi connectivity index (χ0v) is 13.3. The van der Waals surface area contributed by atoms with Crippen LogP contribution in [-0.2, 0) is 14.6 Å². The highest BCUT2D eigenvalue weighted by Gasteiger charge is 2.32. The Hall–Kier alpha value is -1.89. The summed E-state index contributed by atoms with van der Waals surface area (Å²) in [6, 6.07) is 8.52. The van der Waals surface area contributed by atoms with Gasteiger partial charge in [-0.25, -0.2) is 8.42 Å². The molecule has 0 saturated carbocycles. The summed E-state index contributed by atoms with van der Waals surface area (Å²) in [7, 11) is -1.39. The molecule has 2 amide bonds. The Morgan fingerprint density at radius 3 is 2.55 bits per heavy atom. The first-order chi connectivity index (χ1) is 10.4. The lowest BCUT2D eigenvalue weighted by molar-refractivity contribution is -0.131. The highest BCUT2D eigenvalue weighted by molar-refractivity contribution is 7.91. The number of carbonyl (C=O) groups excluding carboxylic acids is 2. The van der Waals surface area contributed by atoms with E-state index in [2.05, 4.69) is 5.32 Å². The zero-order valence-electron chi connectivity index (χ0n) is 12.5. The lowest BCUT2D eigenvalue weighted by Gasteiger charge is -2.23. The van der Waals surface area contributed by atoms with Crippen molar-refractivity contribution < 1.29 is 18.0 Å². The van der Waals surface area contributed by atoms with E-state index in [1.165, 1.54) is 4.90 Å². The number of carbonyl (C=O) groups is 2. The van der Waals surface area contributed by atoms with E-state index in [0.717, 1.165) is 0 Å². The maximum Gasteiger partial charge on any atom is 0.251 e. The van der Waals surface area contributed by atoms with Gasteiger partial charge in [-0.1, -0.05) is 18.2 Å². The average Bonchev–Trinajstić information content (AvgIpc) is 2.87. The highest BCUT2D eigenvalue weighted by atomic mass is 32.2. The maximum absolute atomic E-state index is 12.0. The van der Waals surface area contributed by atoms with Crippen molar-refractivity contribution in [3.63, 3.8) is 0 Å². The van der Waals surface area contributed by atoms with E-state index >= 15 is 0 Å². The highest BCUT2D eigenvalue weighted by Crippen LogP contribution is 2.16. The third-order valence-corrected chi connectivity index (χ3v) is 5.56. The molecule has 0 aromatic heterocycles. The van der Waals surface area contributed by atoms with Gasteiger partial charge in [-0.2, -0.15) is 0 Å². The smallest absolute Gasteiger partial charge is 0.251 e. The van der Waals surface area contributed by atoms with Crippen molar-refractivity contribution >= 4 is 21.7 Å². The van der Waals surface area contributed by atoms with Gasteiger partial charge in [-0.15, -0.1) is 0 Å². The van der Waals surface area contributed by atoms with Crippen LogP contribution in [0.25, 0.3) is 0 Å². The second kappa shape index (κ2) is 6.91. The molecule has 1 aromatic rings. The Morgan fingerprint density at radius 2 is 1.95 bits per heavy atom. The van der Waals surface area contributed by atoms with Crippen LogP contribution in [0.4, 0.5) is 0 Å². The van der Waals surface area contributed by atoms with Gasteiger partial charge >= 0.3 is 0 Å². The number of hydrogen-bond donors (Lipinski definition) is 1. The van der Waals surface area contributed by atoms with Crippen molar-refractivity contribution in [3.8, 4) is 0 Å². The van der Waals surface area contributed by atoms with Crippen LogP contribution < -0.4 is 5.32 Å². The summed E-state index contributed by atoms with van der Waals surface area (Å²) < 4.78 is 22.9. The zero-order chi connectivity index (χ0) is 16.2. The first-order valence-electron chi connectivity index (χ1n) is 7.18. The van der Waals surface area contributed by atoms with Crippen LogP contribution in [0.15, 0.2) is 30.3 Å². The molecular formula is C15H20N2O4S. The molecule has 22 heavy (non-hydrogen) atoms. The van der Waals surface area contributed by atoms with Crippen molar-refractivity contribution in [1.82, 2.24) is 10.2 Å². The number of hydrogen-bond acceptors (Lipinski definition) is 4. The van der Waals surface area contributed by atoms with Crippen LogP contribution in [0.2, 0.25) is 0 Å². The van der Waals surface area contributed by atoms with E-state index in [9.17, 15) is 18.0 Å². The Morgan fingerprint density at radius 1 is 1.27 bits per heavy atom. The molecule has 1 aliphatic rings. The average molecular weight is 324 g/mol. The Kier molecular flexibility index (Phi) is 5.18. The predicted octanol–water partition coefficient (Wildman–Crippen LogP) is 0.452. The van der Waals surface area contributed by atoms with Crippen LogP contribution in [0.3, 0.4) is 0 Å². The number of benzene rings is 1. The van der Waals surface area contributed by atoms with E-state index in [4.69, 9.17) is 0 Å². The molecule has 120 valence electrons. The van der Waals surface area contributed by atoms with Gasteiger partial charge in [0.1, 0.15) is 0 Å². The summed E-state index contributed by atoms with van der Waals surface area (Å²) >= 11 is 0. The molecule has 0 aliphatic carbocycles. The molecule has 1 aromatic carbocycles. The van der Waals surface area contributed by atoms with Crippen molar-refractivity contribution in [1.29, 1.82) is 0 Å². The van der Waals surface area contributed by atoms with Gasteiger partial charge in [0.2, 0.25) is 5.91 Å². The molecule has 2 rings (SSSR count). The van der Waals surface area contributed by atoms with Gasteiger partial charge in [0.05, 0.1) is 11.5 Å². The van der Waals surface area contributed by atoms with Gasteiger partial charge in [0, 0.05) is 31.6 Å². The molecule has 0 bridgehead atoms. The summed E-state index contributed by atoms with van der Waals surface area (Å²) in [5.41, 5.74) is 0.546. The molecule has 1 unspecified atom stereocenters. The topological polar surface area (TPSA) is 83.6 Å².